The fraction of sp³-hybridized carbons (Fsp3) is 0.0588. The lowest BCUT2D eigenvalue weighted by Crippen LogP contribution is -2.59. The van der Waals surface area contributed by atoms with Gasteiger partial charge in [0.15, 0.2) is 5.92 Å². The second-order valence-corrected chi connectivity index (χ2v) is 10.9. The zero-order valence-corrected chi connectivity index (χ0v) is 25.1. The normalized spacial score (nSPS) is 14.9. The number of hydrogen-bond acceptors (Lipinski definition) is 6. The van der Waals surface area contributed by atoms with E-state index in [1.807, 2.05) is 48.5 Å². The molecule has 1 N–H and O–H groups in total. The first-order valence-electron chi connectivity index (χ1n) is 13.8. The molecule has 1 atom stereocenters. The summed E-state index contributed by atoms with van der Waals surface area (Å²) in [5.41, 5.74) is 7.05. The maximum Gasteiger partial charge on any atom is 0.333 e. The maximum absolute atomic E-state index is 14.0. The Morgan fingerprint density at radius 3 is 2.53 bits per heavy atom. The van der Waals surface area contributed by atoms with Crippen LogP contribution in [0.4, 0.5) is 15.9 Å². The molecule has 0 saturated carbocycles. The molecule has 2 aromatic heterocycles. The quantitative estimate of drug-likeness (QED) is 0.0454. The molecule has 45 heavy (non-hydrogen) atoms. The van der Waals surface area contributed by atoms with Gasteiger partial charge in [-0.2, -0.15) is 14.6 Å². The third-order valence-electron chi connectivity index (χ3n) is 7.11. The molecular weight excluding hydrogens is 611 g/mol. The van der Waals surface area contributed by atoms with Crippen molar-refractivity contribution in [3.05, 3.63) is 143 Å². The number of hydrazone groups is 1. The molecule has 0 saturated heterocycles. The minimum absolute atomic E-state index is 0.129. The van der Waals surface area contributed by atoms with Crippen LogP contribution >= 0.6 is 11.6 Å². The van der Waals surface area contributed by atoms with E-state index in [1.165, 1.54) is 28.8 Å². The highest BCUT2D eigenvalue weighted by molar-refractivity contribution is 7.77. The summed E-state index contributed by atoms with van der Waals surface area (Å²) in [6, 6.07) is 29.5. The number of pyridine rings is 2. The van der Waals surface area contributed by atoms with Crippen LogP contribution in [-0.4, -0.2) is 28.2 Å². The van der Waals surface area contributed by atoms with Crippen molar-refractivity contribution in [2.75, 3.05) is 4.90 Å². The highest BCUT2D eigenvalue weighted by Crippen LogP contribution is 2.31. The smallest absolute Gasteiger partial charge is 0.333 e. The van der Waals surface area contributed by atoms with Gasteiger partial charge in [0.05, 0.1) is 18.1 Å². The van der Waals surface area contributed by atoms with E-state index < -0.39 is 5.92 Å². The van der Waals surface area contributed by atoms with Crippen molar-refractivity contribution in [3.8, 4) is 11.1 Å². The van der Waals surface area contributed by atoms with Gasteiger partial charge >= 0.3 is 11.8 Å². The summed E-state index contributed by atoms with van der Waals surface area (Å²) in [6.07, 6.45) is 4.89. The summed E-state index contributed by atoms with van der Waals surface area (Å²) in [7, 11) is 0. The number of carbonyl (C=O) groups is 2. The van der Waals surface area contributed by atoms with Crippen molar-refractivity contribution < 1.29 is 18.5 Å². The number of aromatic nitrogens is 2. The molecule has 1 amide bonds. The molecule has 222 valence electrons. The number of halogens is 2. The Balaban J connectivity index is 1.24. The largest absolute Gasteiger partial charge is 0.741 e. The third kappa shape index (κ3) is 6.77. The van der Waals surface area contributed by atoms with Crippen molar-refractivity contribution in [1.82, 2.24) is 10.4 Å². The van der Waals surface area contributed by atoms with Crippen molar-refractivity contribution in [2.24, 2.45) is 10.1 Å². The zero-order valence-electron chi connectivity index (χ0n) is 23.5. The van der Waals surface area contributed by atoms with Gasteiger partial charge in [-0.25, -0.2) is 19.0 Å². The Kier molecular flexibility index (Phi) is 8.68. The predicted octanol–water partition coefficient (Wildman–Crippen LogP) is 5.96. The van der Waals surface area contributed by atoms with Gasteiger partial charge in [0.1, 0.15) is 17.5 Å². The molecule has 11 heteroatoms. The summed E-state index contributed by atoms with van der Waals surface area (Å²) in [5.74, 6) is -1.56. The molecule has 1 unspecified atom stereocenters. The minimum Gasteiger partial charge on any atom is -0.741 e. The molecule has 1 aliphatic heterocycles. The summed E-state index contributed by atoms with van der Waals surface area (Å²) in [4.78, 5) is 37.6. The summed E-state index contributed by atoms with van der Waals surface area (Å²) < 4.78 is 14.6. The van der Waals surface area contributed by atoms with E-state index in [4.69, 9.17) is 24.2 Å². The van der Waals surface area contributed by atoms with Crippen molar-refractivity contribution in [1.29, 1.82) is 0 Å². The maximum atomic E-state index is 14.0. The first-order valence-corrected chi connectivity index (χ1v) is 14.6. The fourth-order valence-corrected chi connectivity index (χ4v) is 5.27. The fourth-order valence-electron chi connectivity index (χ4n) is 5.00. The van der Waals surface area contributed by atoms with Crippen LogP contribution in [0.25, 0.3) is 11.1 Å². The summed E-state index contributed by atoms with van der Waals surface area (Å²) in [5, 5.41) is 4.66. The predicted molar refractivity (Wildman–Crippen MR) is 174 cm³/mol. The SMILES string of the molecule is O=C1C(c2cccc(-c3cccc(/C=N/NC([S-])=Nc4ccc(F)cc4)c3)c2)C(=O)[n+]2ccccc2N1Cc1ccc(Cl)nc1. The topological polar surface area (TPSA) is 90.9 Å². The number of amidine groups is 1. The Hall–Kier alpha value is -5.32. The van der Waals surface area contributed by atoms with Crippen LogP contribution in [0.2, 0.25) is 5.15 Å². The molecule has 8 nitrogen and oxygen atoms in total. The molecule has 5 aromatic rings. The molecule has 6 rings (SSSR count). The van der Waals surface area contributed by atoms with Gasteiger partial charge < -0.3 is 12.6 Å². The van der Waals surface area contributed by atoms with E-state index in [1.54, 1.807) is 53.8 Å². The number of rotatable bonds is 7. The number of benzene rings is 3. The number of anilines is 1. The van der Waals surface area contributed by atoms with Crippen LogP contribution in [0, 0.1) is 5.82 Å². The Bertz CT molecular complexity index is 1950. The third-order valence-corrected chi connectivity index (χ3v) is 7.52. The van der Waals surface area contributed by atoms with Gasteiger partial charge in [0.2, 0.25) is 0 Å². The van der Waals surface area contributed by atoms with Gasteiger partial charge in [0.25, 0.3) is 5.82 Å². The monoisotopic (exact) mass is 634 g/mol. The molecule has 3 heterocycles. The molecule has 0 bridgehead atoms. The summed E-state index contributed by atoms with van der Waals surface area (Å²) >= 11 is 11.2. The molecule has 0 aliphatic carbocycles. The van der Waals surface area contributed by atoms with E-state index >= 15 is 0 Å². The average molecular weight is 635 g/mol. The number of carbonyl (C=O) groups excluding carboxylic acids is 2. The van der Waals surface area contributed by atoms with Crippen LogP contribution in [0.3, 0.4) is 0 Å². The lowest BCUT2D eigenvalue weighted by Gasteiger charge is -2.26. The molecule has 0 spiro atoms. The van der Waals surface area contributed by atoms with Crippen LogP contribution in [0.1, 0.15) is 27.4 Å². The van der Waals surface area contributed by atoms with E-state index in [2.05, 4.69) is 20.5 Å². The lowest BCUT2D eigenvalue weighted by atomic mass is 9.91. The van der Waals surface area contributed by atoms with Gasteiger partial charge in [-0.3, -0.25) is 10.4 Å². The summed E-state index contributed by atoms with van der Waals surface area (Å²) in [6.45, 7) is 0.229. The Morgan fingerprint density at radius 1 is 0.978 bits per heavy atom. The lowest BCUT2D eigenvalue weighted by molar-refractivity contribution is -0.563. The number of aliphatic imine (C=N–C) groups is 1. The molecule has 0 fully saturated rings. The van der Waals surface area contributed by atoms with Crippen molar-refractivity contribution in [2.45, 2.75) is 12.5 Å². The van der Waals surface area contributed by atoms with Gasteiger partial charge in [0, 0.05) is 23.0 Å². The van der Waals surface area contributed by atoms with E-state index in [0.717, 1.165) is 22.3 Å². The van der Waals surface area contributed by atoms with Gasteiger partial charge in [-0.05, 0) is 70.8 Å². The zero-order chi connectivity index (χ0) is 31.3. The van der Waals surface area contributed by atoms with Crippen LogP contribution in [0.5, 0.6) is 0 Å². The highest BCUT2D eigenvalue weighted by Gasteiger charge is 2.47. The van der Waals surface area contributed by atoms with Crippen molar-refractivity contribution in [3.63, 3.8) is 0 Å². The van der Waals surface area contributed by atoms with Crippen LogP contribution < -0.4 is 14.9 Å². The molecular formula is C34H24ClFN6O2S. The van der Waals surface area contributed by atoms with Gasteiger partial charge in [-0.15, -0.1) is 0 Å². The second-order valence-electron chi connectivity index (χ2n) is 10.1. The number of nitrogens with zero attached hydrogens (tertiary/aromatic N) is 5. The number of amides is 1. The number of nitrogens with one attached hydrogen (secondary N) is 1. The molecule has 1 aliphatic rings. The van der Waals surface area contributed by atoms with Crippen molar-refractivity contribution >= 4 is 58.9 Å². The molecule has 0 radical (unpaired) electrons. The van der Waals surface area contributed by atoms with E-state index in [9.17, 15) is 14.0 Å². The van der Waals surface area contributed by atoms with Gasteiger partial charge in [-0.1, -0.05) is 60.1 Å². The Morgan fingerprint density at radius 2 is 1.76 bits per heavy atom. The Labute approximate surface area is 269 Å². The van der Waals surface area contributed by atoms with Crippen LogP contribution in [0.15, 0.2) is 126 Å². The first kappa shape index (κ1) is 29.7. The standard InChI is InChI=1S/C34H24ClFN6O2S/c35-29-15-10-23(19-37-29)21-42-30-9-1-2-16-41(30)32(43)31(33(42)44)26-8-4-7-25(18-26)24-6-3-5-22(17-24)20-38-40-34(45)39-28-13-11-27(36)12-14-28/h1-20,31H,21H2,(H-,39,40,45)/b38-20+. The van der Waals surface area contributed by atoms with E-state index in [0.29, 0.717) is 22.2 Å². The second kappa shape index (κ2) is 13.1. The minimum atomic E-state index is -1.04. The molecule has 3 aromatic carbocycles. The highest BCUT2D eigenvalue weighted by atomic mass is 35.5. The van der Waals surface area contributed by atoms with E-state index in [-0.39, 0.29) is 29.3 Å². The first-order chi connectivity index (χ1) is 21.9. The average Bonchev–Trinajstić information content (AvgIpc) is 3.05. The number of fused-ring (bicyclic) bond motifs is 1. The van der Waals surface area contributed by atoms with Crippen LogP contribution in [-0.2, 0) is 24.0 Å². The number of hydrogen-bond donors (Lipinski definition) is 1.